The van der Waals surface area contributed by atoms with E-state index in [1.807, 2.05) is 18.2 Å². The number of carbonyl (C=O) groups excluding carboxylic acids is 1. The Bertz CT molecular complexity index is 1130. The summed E-state index contributed by atoms with van der Waals surface area (Å²) in [6.45, 7) is 2.21. The Morgan fingerprint density at radius 1 is 1.21 bits per heavy atom. The van der Waals surface area contributed by atoms with Gasteiger partial charge in [0.05, 0.1) is 24.4 Å². The smallest absolute Gasteiger partial charge is 0.416 e. The van der Waals surface area contributed by atoms with Crippen molar-refractivity contribution < 1.29 is 22.7 Å². The van der Waals surface area contributed by atoms with E-state index in [0.29, 0.717) is 36.5 Å². The molecule has 174 valence electrons. The fraction of sp³-hybridized carbons (Fsp3) is 0.364. The van der Waals surface area contributed by atoms with E-state index in [1.54, 1.807) is 18.7 Å². The molecule has 0 aliphatic carbocycles. The highest BCUT2D eigenvalue weighted by molar-refractivity contribution is 5.77. The van der Waals surface area contributed by atoms with E-state index in [9.17, 15) is 18.0 Å². The molecule has 1 aromatic heterocycles. The molecule has 2 atom stereocenters. The molecule has 1 fully saturated rings. The van der Waals surface area contributed by atoms with Crippen LogP contribution < -0.4 is 15.4 Å². The molecule has 1 saturated heterocycles. The van der Waals surface area contributed by atoms with Crippen LogP contribution in [-0.4, -0.2) is 39.3 Å². The normalized spacial score (nSPS) is 18.8. The van der Waals surface area contributed by atoms with Gasteiger partial charge in [0.2, 0.25) is 5.91 Å². The van der Waals surface area contributed by atoms with Gasteiger partial charge in [0.1, 0.15) is 5.75 Å². The Kier molecular flexibility index (Phi) is 6.32. The lowest BCUT2D eigenvalue weighted by molar-refractivity contribution is -0.137. The molecule has 2 heterocycles. The molecule has 1 aliphatic rings. The summed E-state index contributed by atoms with van der Waals surface area (Å²) in [5.74, 6) is 1.17. The van der Waals surface area contributed by atoms with E-state index in [1.165, 1.54) is 12.1 Å². The third-order valence-electron chi connectivity index (χ3n) is 5.69. The molecule has 0 bridgehead atoms. The summed E-state index contributed by atoms with van der Waals surface area (Å²) >= 11 is 0. The summed E-state index contributed by atoms with van der Waals surface area (Å²) in [7, 11) is 1.58. The van der Waals surface area contributed by atoms with Gasteiger partial charge in [-0.2, -0.15) is 17.9 Å². The van der Waals surface area contributed by atoms with Crippen LogP contribution >= 0.6 is 0 Å². The number of carbonyl (C=O) groups is 1. The molecule has 0 unspecified atom stereocenters. The predicted octanol–water partition coefficient (Wildman–Crippen LogP) is 3.11. The van der Waals surface area contributed by atoms with Crippen LogP contribution in [0.1, 0.15) is 41.4 Å². The van der Waals surface area contributed by atoms with Crippen molar-refractivity contribution >= 4 is 5.91 Å². The van der Waals surface area contributed by atoms with Gasteiger partial charge in [-0.05, 0) is 59.7 Å². The zero-order chi connectivity index (χ0) is 23.6. The van der Waals surface area contributed by atoms with Crippen LogP contribution in [0.3, 0.4) is 0 Å². The third-order valence-corrected chi connectivity index (χ3v) is 5.69. The molecular formula is C22H23F3N6O2. The first-order valence-electron chi connectivity index (χ1n) is 10.4. The molecule has 8 nitrogen and oxygen atoms in total. The van der Waals surface area contributed by atoms with Gasteiger partial charge in [0.15, 0.2) is 5.82 Å². The lowest BCUT2D eigenvalue weighted by Gasteiger charge is -2.33. The van der Waals surface area contributed by atoms with Crippen LogP contribution in [0.5, 0.6) is 5.75 Å². The maximum atomic E-state index is 12.9. The number of aryl methyl sites for hydroxylation is 1. The average molecular weight is 460 g/mol. The van der Waals surface area contributed by atoms with Crippen molar-refractivity contribution in [3.63, 3.8) is 0 Å². The Balaban J connectivity index is 1.55. The number of halogens is 3. The molecule has 33 heavy (non-hydrogen) atoms. The SMILES string of the molecule is COc1ccc(-n2nnnc2C)cc1CN[C@@H]1CCC(=O)N[C@@H]1c1ccc(C(F)(F)F)cc1. The fourth-order valence-corrected chi connectivity index (χ4v) is 3.96. The van der Waals surface area contributed by atoms with Gasteiger partial charge in [-0.25, -0.2) is 0 Å². The summed E-state index contributed by atoms with van der Waals surface area (Å²) in [5.41, 5.74) is 1.51. The number of benzene rings is 2. The van der Waals surface area contributed by atoms with E-state index in [0.717, 1.165) is 23.4 Å². The van der Waals surface area contributed by atoms with Crippen molar-refractivity contribution in [1.29, 1.82) is 0 Å². The second-order valence-corrected chi connectivity index (χ2v) is 7.83. The highest BCUT2D eigenvalue weighted by Gasteiger charge is 2.33. The van der Waals surface area contributed by atoms with E-state index in [2.05, 4.69) is 26.2 Å². The Morgan fingerprint density at radius 3 is 2.61 bits per heavy atom. The second kappa shape index (κ2) is 9.18. The molecule has 4 rings (SSSR count). The molecule has 2 aromatic carbocycles. The number of hydrogen-bond acceptors (Lipinski definition) is 6. The van der Waals surface area contributed by atoms with Crippen LogP contribution in [0.4, 0.5) is 13.2 Å². The molecule has 0 spiro atoms. The highest BCUT2D eigenvalue weighted by Crippen LogP contribution is 2.32. The lowest BCUT2D eigenvalue weighted by Crippen LogP contribution is -2.48. The number of rotatable bonds is 6. The number of piperidine rings is 1. The monoisotopic (exact) mass is 460 g/mol. The second-order valence-electron chi connectivity index (χ2n) is 7.83. The standard InChI is InChI=1S/C22H23F3N6O2/c1-13-28-29-30-31(13)17-7-9-19(33-2)15(11-17)12-26-18-8-10-20(32)27-21(18)14-3-5-16(6-4-14)22(23,24)25/h3-7,9,11,18,21,26H,8,10,12H2,1-2H3,(H,27,32)/t18-,21-/m1/s1. The van der Waals surface area contributed by atoms with Crippen molar-refractivity contribution in [2.24, 2.45) is 0 Å². The minimum atomic E-state index is -4.41. The molecular weight excluding hydrogens is 437 g/mol. The van der Waals surface area contributed by atoms with Crippen molar-refractivity contribution in [1.82, 2.24) is 30.8 Å². The third kappa shape index (κ3) is 4.98. The summed E-state index contributed by atoms with van der Waals surface area (Å²) in [5, 5.41) is 17.9. The van der Waals surface area contributed by atoms with Crippen LogP contribution in [0.2, 0.25) is 0 Å². The number of nitrogens with one attached hydrogen (secondary N) is 2. The van der Waals surface area contributed by atoms with Gasteiger partial charge in [-0.3, -0.25) is 4.79 Å². The first kappa shape index (κ1) is 22.7. The molecule has 0 saturated carbocycles. The summed E-state index contributed by atoms with van der Waals surface area (Å²) < 4.78 is 45.9. The average Bonchev–Trinajstić information content (AvgIpc) is 3.23. The zero-order valence-corrected chi connectivity index (χ0v) is 18.1. The molecule has 0 radical (unpaired) electrons. The lowest BCUT2D eigenvalue weighted by atomic mass is 9.91. The molecule has 2 N–H and O–H groups in total. The molecule has 11 heteroatoms. The van der Waals surface area contributed by atoms with Crippen molar-refractivity contribution in [2.45, 2.75) is 44.6 Å². The zero-order valence-electron chi connectivity index (χ0n) is 18.1. The van der Waals surface area contributed by atoms with Gasteiger partial charge in [0, 0.05) is 24.6 Å². The van der Waals surface area contributed by atoms with E-state index < -0.39 is 17.8 Å². The van der Waals surface area contributed by atoms with E-state index >= 15 is 0 Å². The number of nitrogens with zero attached hydrogens (tertiary/aromatic N) is 4. The number of alkyl halides is 3. The number of amides is 1. The van der Waals surface area contributed by atoms with Gasteiger partial charge in [-0.1, -0.05) is 12.1 Å². The van der Waals surface area contributed by atoms with Gasteiger partial charge in [0.25, 0.3) is 0 Å². The Hall–Kier alpha value is -3.47. The van der Waals surface area contributed by atoms with Crippen LogP contribution in [0, 0.1) is 6.92 Å². The number of hydrogen-bond donors (Lipinski definition) is 2. The maximum absolute atomic E-state index is 12.9. The van der Waals surface area contributed by atoms with Gasteiger partial charge in [-0.15, -0.1) is 5.10 Å². The Morgan fingerprint density at radius 2 is 1.97 bits per heavy atom. The number of ether oxygens (including phenoxy) is 1. The first-order valence-corrected chi connectivity index (χ1v) is 10.4. The summed E-state index contributed by atoms with van der Waals surface area (Å²) in [6, 6.07) is 9.84. The minimum Gasteiger partial charge on any atom is -0.496 e. The number of methoxy groups -OCH3 is 1. The highest BCUT2D eigenvalue weighted by atomic mass is 19.4. The minimum absolute atomic E-state index is 0.133. The molecule has 3 aromatic rings. The number of aromatic nitrogens is 4. The summed E-state index contributed by atoms with van der Waals surface area (Å²) in [6.07, 6.45) is -3.53. The van der Waals surface area contributed by atoms with Crippen molar-refractivity contribution in [3.05, 3.63) is 65.0 Å². The summed E-state index contributed by atoms with van der Waals surface area (Å²) in [4.78, 5) is 12.0. The van der Waals surface area contributed by atoms with Gasteiger partial charge >= 0.3 is 6.18 Å². The quantitative estimate of drug-likeness (QED) is 0.587. The largest absolute Gasteiger partial charge is 0.496 e. The fourth-order valence-electron chi connectivity index (χ4n) is 3.96. The predicted molar refractivity (Wildman–Crippen MR) is 113 cm³/mol. The number of tetrazole rings is 1. The first-order chi connectivity index (χ1) is 15.8. The molecule has 1 aliphatic heterocycles. The van der Waals surface area contributed by atoms with Crippen LogP contribution in [0.15, 0.2) is 42.5 Å². The maximum Gasteiger partial charge on any atom is 0.416 e. The topological polar surface area (TPSA) is 94.0 Å². The van der Waals surface area contributed by atoms with Gasteiger partial charge < -0.3 is 15.4 Å². The van der Waals surface area contributed by atoms with Crippen LogP contribution in [-0.2, 0) is 17.5 Å². The van der Waals surface area contributed by atoms with Crippen molar-refractivity contribution in [3.8, 4) is 11.4 Å². The molecule has 1 amide bonds. The van der Waals surface area contributed by atoms with Crippen molar-refractivity contribution in [2.75, 3.05) is 7.11 Å². The van der Waals surface area contributed by atoms with E-state index in [-0.39, 0.29) is 11.9 Å². The van der Waals surface area contributed by atoms with E-state index in [4.69, 9.17) is 4.74 Å². The van der Waals surface area contributed by atoms with Crippen LogP contribution in [0.25, 0.3) is 5.69 Å². The Labute approximate surface area is 188 Å².